The van der Waals surface area contributed by atoms with E-state index in [1.165, 1.54) is 0 Å². The molecule has 2 N–H and O–H groups in total. The molecule has 1 aromatic rings. The zero-order valence-electron chi connectivity index (χ0n) is 13.4. The van der Waals surface area contributed by atoms with Crippen molar-refractivity contribution in [2.45, 2.75) is 26.2 Å². The van der Waals surface area contributed by atoms with Gasteiger partial charge in [-0.2, -0.15) is 0 Å². The fourth-order valence-corrected chi connectivity index (χ4v) is 2.62. The highest BCUT2D eigenvalue weighted by Gasteiger charge is 2.14. The summed E-state index contributed by atoms with van der Waals surface area (Å²) in [5.74, 6) is 2.25. The molecule has 0 radical (unpaired) electrons. The van der Waals surface area contributed by atoms with Gasteiger partial charge < -0.3 is 15.4 Å². The molecular formula is C15H27N5O. The molecule has 2 rings (SSSR count). The summed E-state index contributed by atoms with van der Waals surface area (Å²) in [7, 11) is 1.90. The predicted molar refractivity (Wildman–Crippen MR) is 86.0 cm³/mol. The lowest BCUT2D eigenvalue weighted by Gasteiger charge is -2.26. The molecule has 1 aliphatic heterocycles. The van der Waals surface area contributed by atoms with Crippen molar-refractivity contribution in [3.63, 3.8) is 0 Å². The Balaban J connectivity index is 1.84. The third kappa shape index (κ3) is 4.54. The van der Waals surface area contributed by atoms with Crippen LogP contribution in [0.1, 0.15) is 31.7 Å². The second kappa shape index (κ2) is 8.14. The molecule has 1 aromatic heterocycles. The van der Waals surface area contributed by atoms with Gasteiger partial charge in [-0.1, -0.05) is 13.8 Å². The first-order valence-corrected chi connectivity index (χ1v) is 7.79. The number of morpholine rings is 1. The summed E-state index contributed by atoms with van der Waals surface area (Å²) in [6.07, 6.45) is 2.72. The number of nitrogens with one attached hydrogen (secondary N) is 2. The molecule has 0 saturated carbocycles. The van der Waals surface area contributed by atoms with E-state index in [2.05, 4.69) is 39.3 Å². The van der Waals surface area contributed by atoms with Crippen LogP contribution in [-0.4, -0.2) is 61.3 Å². The topological polar surface area (TPSA) is 62.3 Å². The van der Waals surface area contributed by atoms with Crippen molar-refractivity contribution in [2.24, 2.45) is 0 Å². The molecule has 0 spiro atoms. The van der Waals surface area contributed by atoms with Gasteiger partial charge in [0.2, 0.25) is 0 Å². The van der Waals surface area contributed by atoms with Gasteiger partial charge in [0.25, 0.3) is 0 Å². The average Bonchev–Trinajstić information content (AvgIpc) is 2.52. The van der Waals surface area contributed by atoms with Crippen molar-refractivity contribution in [3.8, 4) is 0 Å². The van der Waals surface area contributed by atoms with Crippen molar-refractivity contribution in [1.82, 2.24) is 14.9 Å². The van der Waals surface area contributed by atoms with Crippen LogP contribution in [0.25, 0.3) is 0 Å². The van der Waals surface area contributed by atoms with Gasteiger partial charge in [-0.05, 0) is 18.9 Å². The molecule has 0 aliphatic carbocycles. The maximum Gasteiger partial charge on any atom is 0.134 e. The highest BCUT2D eigenvalue weighted by molar-refractivity contribution is 5.58. The molecule has 0 aromatic carbocycles. The van der Waals surface area contributed by atoms with E-state index in [-0.39, 0.29) is 0 Å². The molecule has 0 bridgehead atoms. The summed E-state index contributed by atoms with van der Waals surface area (Å²) in [5.41, 5.74) is 1.16. The average molecular weight is 293 g/mol. The monoisotopic (exact) mass is 293 g/mol. The zero-order chi connectivity index (χ0) is 15.1. The van der Waals surface area contributed by atoms with E-state index < -0.39 is 0 Å². The van der Waals surface area contributed by atoms with Gasteiger partial charge in [0.1, 0.15) is 18.0 Å². The van der Waals surface area contributed by atoms with Gasteiger partial charge in [0.05, 0.1) is 13.2 Å². The molecule has 21 heavy (non-hydrogen) atoms. The number of rotatable bonds is 7. The van der Waals surface area contributed by atoms with Crippen molar-refractivity contribution in [1.29, 1.82) is 0 Å². The van der Waals surface area contributed by atoms with Crippen LogP contribution in [0.5, 0.6) is 0 Å². The lowest BCUT2D eigenvalue weighted by atomic mass is 10.0. The summed E-state index contributed by atoms with van der Waals surface area (Å²) in [6, 6.07) is 0. The van der Waals surface area contributed by atoms with Crippen LogP contribution in [-0.2, 0) is 4.74 Å². The largest absolute Gasteiger partial charge is 0.379 e. The second-order valence-electron chi connectivity index (χ2n) is 5.62. The smallest absolute Gasteiger partial charge is 0.134 e. The van der Waals surface area contributed by atoms with E-state index in [4.69, 9.17) is 4.74 Å². The third-order valence-corrected chi connectivity index (χ3v) is 3.75. The molecule has 1 aliphatic rings. The van der Waals surface area contributed by atoms with E-state index in [1.54, 1.807) is 6.33 Å². The fourth-order valence-electron chi connectivity index (χ4n) is 2.62. The first kappa shape index (κ1) is 16.0. The summed E-state index contributed by atoms with van der Waals surface area (Å²) in [4.78, 5) is 11.1. The number of anilines is 2. The Morgan fingerprint density at radius 1 is 1.24 bits per heavy atom. The number of nitrogens with zero attached hydrogens (tertiary/aromatic N) is 3. The fraction of sp³-hybridized carbons (Fsp3) is 0.733. The minimum Gasteiger partial charge on any atom is -0.379 e. The summed E-state index contributed by atoms with van der Waals surface area (Å²) in [6.45, 7) is 10.2. The van der Waals surface area contributed by atoms with Gasteiger partial charge in [0.15, 0.2) is 0 Å². The van der Waals surface area contributed by atoms with Crippen LogP contribution < -0.4 is 10.6 Å². The van der Waals surface area contributed by atoms with Crippen molar-refractivity contribution >= 4 is 11.6 Å². The van der Waals surface area contributed by atoms with Gasteiger partial charge in [0, 0.05) is 32.2 Å². The van der Waals surface area contributed by atoms with Gasteiger partial charge in [-0.3, -0.25) is 4.90 Å². The summed E-state index contributed by atoms with van der Waals surface area (Å²) >= 11 is 0. The van der Waals surface area contributed by atoms with Crippen LogP contribution in [0.4, 0.5) is 11.6 Å². The van der Waals surface area contributed by atoms with E-state index in [9.17, 15) is 0 Å². The van der Waals surface area contributed by atoms with Crippen molar-refractivity contribution in [2.75, 3.05) is 57.1 Å². The third-order valence-electron chi connectivity index (χ3n) is 3.75. The molecule has 0 amide bonds. The first-order chi connectivity index (χ1) is 10.2. The van der Waals surface area contributed by atoms with Crippen molar-refractivity contribution in [3.05, 3.63) is 11.9 Å². The minimum atomic E-state index is 0.385. The Hall–Kier alpha value is -1.40. The lowest BCUT2D eigenvalue weighted by Crippen LogP contribution is -2.37. The number of ether oxygens (including phenoxy) is 1. The van der Waals surface area contributed by atoms with Crippen molar-refractivity contribution < 1.29 is 4.74 Å². The zero-order valence-corrected chi connectivity index (χ0v) is 13.4. The van der Waals surface area contributed by atoms with Gasteiger partial charge in [-0.25, -0.2) is 9.97 Å². The highest BCUT2D eigenvalue weighted by atomic mass is 16.5. The van der Waals surface area contributed by atoms with Gasteiger partial charge in [-0.15, -0.1) is 0 Å². The first-order valence-electron chi connectivity index (χ1n) is 7.79. The normalized spacial score (nSPS) is 16.2. The number of hydrogen-bond donors (Lipinski definition) is 2. The number of aromatic nitrogens is 2. The van der Waals surface area contributed by atoms with E-state index >= 15 is 0 Å². The quantitative estimate of drug-likeness (QED) is 0.747. The molecule has 6 nitrogen and oxygen atoms in total. The van der Waals surface area contributed by atoms with E-state index in [0.717, 1.165) is 63.0 Å². The maximum atomic E-state index is 5.36. The Bertz CT molecular complexity index is 432. The molecule has 2 heterocycles. The molecular weight excluding hydrogens is 266 g/mol. The minimum absolute atomic E-state index is 0.385. The molecule has 6 heteroatoms. The van der Waals surface area contributed by atoms with Crippen LogP contribution in [0, 0.1) is 0 Å². The Morgan fingerprint density at radius 3 is 2.62 bits per heavy atom. The Kier molecular flexibility index (Phi) is 6.20. The van der Waals surface area contributed by atoms with Crippen LogP contribution >= 0.6 is 0 Å². The summed E-state index contributed by atoms with van der Waals surface area (Å²) < 4.78 is 5.36. The SMILES string of the molecule is CNc1ncnc(NCCCN2CCOCC2)c1C(C)C. The van der Waals surface area contributed by atoms with Crippen LogP contribution in [0.15, 0.2) is 6.33 Å². The van der Waals surface area contributed by atoms with Crippen LogP contribution in [0.2, 0.25) is 0 Å². The molecule has 1 saturated heterocycles. The second-order valence-corrected chi connectivity index (χ2v) is 5.62. The highest BCUT2D eigenvalue weighted by Crippen LogP contribution is 2.27. The molecule has 1 fully saturated rings. The number of hydrogen-bond acceptors (Lipinski definition) is 6. The maximum absolute atomic E-state index is 5.36. The molecule has 0 unspecified atom stereocenters. The molecule has 118 valence electrons. The Morgan fingerprint density at radius 2 is 1.95 bits per heavy atom. The Labute approximate surface area is 127 Å². The van der Waals surface area contributed by atoms with Crippen LogP contribution in [0.3, 0.4) is 0 Å². The predicted octanol–water partition coefficient (Wildman–Crippen LogP) is 1.78. The molecule has 0 atom stereocenters. The van der Waals surface area contributed by atoms with Gasteiger partial charge >= 0.3 is 0 Å². The standard InChI is InChI=1S/C15H27N5O/c1-12(2)13-14(16-3)18-11-19-15(13)17-5-4-6-20-7-9-21-10-8-20/h11-12H,4-10H2,1-3H3,(H2,16,17,18,19). The van der Waals surface area contributed by atoms with E-state index in [0.29, 0.717) is 5.92 Å². The summed E-state index contributed by atoms with van der Waals surface area (Å²) in [5, 5.41) is 6.61. The lowest BCUT2D eigenvalue weighted by molar-refractivity contribution is 0.0378. The van der Waals surface area contributed by atoms with E-state index in [1.807, 2.05) is 7.05 Å².